The minimum Gasteiger partial charge on any atom is -0.481 e. The van der Waals surface area contributed by atoms with Crippen LogP contribution in [0.2, 0.25) is 0 Å². The van der Waals surface area contributed by atoms with Crippen LogP contribution in [-0.2, 0) is 4.74 Å². The first-order chi connectivity index (χ1) is 8.22. The second kappa shape index (κ2) is 3.86. The fraction of sp³-hybridized carbons (Fsp3) is 0.692. The van der Waals surface area contributed by atoms with Crippen molar-refractivity contribution < 1.29 is 9.26 Å². The molecular formula is C13H18N2O2. The highest BCUT2D eigenvalue weighted by atomic mass is 16.5. The number of hydrogen-bond acceptors (Lipinski definition) is 4. The second-order valence-electron chi connectivity index (χ2n) is 5.28. The Morgan fingerprint density at radius 1 is 1.35 bits per heavy atom. The molecular weight excluding hydrogens is 216 g/mol. The van der Waals surface area contributed by atoms with Gasteiger partial charge in [0.05, 0.1) is 13.7 Å². The summed E-state index contributed by atoms with van der Waals surface area (Å²) in [4.78, 5) is 4.53. The molecule has 1 aliphatic heterocycles. The first-order valence-corrected chi connectivity index (χ1v) is 6.30. The molecule has 0 bridgehead atoms. The Kier molecular flexibility index (Phi) is 2.45. The molecule has 1 saturated carbocycles. The van der Waals surface area contributed by atoms with Crippen molar-refractivity contribution in [1.82, 2.24) is 5.16 Å². The van der Waals surface area contributed by atoms with Crippen LogP contribution in [-0.4, -0.2) is 24.7 Å². The summed E-state index contributed by atoms with van der Waals surface area (Å²) in [5.41, 5.74) is 2.09. The first kappa shape index (κ1) is 10.8. The molecule has 0 radical (unpaired) electrons. The fourth-order valence-corrected chi connectivity index (χ4v) is 2.45. The van der Waals surface area contributed by atoms with Gasteiger partial charge < -0.3 is 9.26 Å². The van der Waals surface area contributed by atoms with E-state index in [1.165, 1.54) is 12.8 Å². The molecule has 0 N–H and O–H groups in total. The molecule has 4 heteroatoms. The monoisotopic (exact) mass is 234 g/mol. The van der Waals surface area contributed by atoms with E-state index in [4.69, 9.17) is 9.26 Å². The van der Waals surface area contributed by atoms with Gasteiger partial charge >= 0.3 is 0 Å². The van der Waals surface area contributed by atoms with E-state index in [1.54, 1.807) is 7.11 Å². The molecule has 0 saturated heterocycles. The van der Waals surface area contributed by atoms with Gasteiger partial charge in [-0.3, -0.25) is 4.99 Å². The first-order valence-electron chi connectivity index (χ1n) is 6.30. The van der Waals surface area contributed by atoms with Crippen LogP contribution in [0.3, 0.4) is 0 Å². The zero-order valence-electron chi connectivity index (χ0n) is 10.6. The molecule has 1 fully saturated rings. The van der Waals surface area contributed by atoms with Gasteiger partial charge in [0.25, 0.3) is 0 Å². The third-order valence-corrected chi connectivity index (χ3v) is 3.69. The summed E-state index contributed by atoms with van der Waals surface area (Å²) >= 11 is 0. The zero-order chi connectivity index (χ0) is 12.0. The molecule has 1 unspecified atom stereocenters. The van der Waals surface area contributed by atoms with Gasteiger partial charge in [0.1, 0.15) is 11.3 Å². The standard InChI is InChI=1S/C13H18N2O2/c1-7(2)9-6-14-13(16-3)10-11(9)15-17-12(10)8-4-5-8/h7-9H,4-6H2,1-3H3. The van der Waals surface area contributed by atoms with Crippen LogP contribution in [0.15, 0.2) is 9.52 Å². The summed E-state index contributed by atoms with van der Waals surface area (Å²) in [6.45, 7) is 5.16. The van der Waals surface area contributed by atoms with Gasteiger partial charge in [-0.25, -0.2) is 0 Å². The van der Waals surface area contributed by atoms with Crippen molar-refractivity contribution in [3.63, 3.8) is 0 Å². The molecule has 17 heavy (non-hydrogen) atoms. The average molecular weight is 234 g/mol. The predicted molar refractivity (Wildman–Crippen MR) is 64.5 cm³/mol. The summed E-state index contributed by atoms with van der Waals surface area (Å²) in [6.07, 6.45) is 2.40. The van der Waals surface area contributed by atoms with E-state index in [2.05, 4.69) is 24.0 Å². The van der Waals surface area contributed by atoms with Crippen molar-refractivity contribution in [3.8, 4) is 0 Å². The van der Waals surface area contributed by atoms with Gasteiger partial charge in [0.15, 0.2) is 5.76 Å². The van der Waals surface area contributed by atoms with E-state index in [9.17, 15) is 0 Å². The Bertz CT molecular complexity index is 458. The van der Waals surface area contributed by atoms with Crippen LogP contribution in [0.1, 0.15) is 55.5 Å². The van der Waals surface area contributed by atoms with Crippen LogP contribution in [0.25, 0.3) is 0 Å². The van der Waals surface area contributed by atoms with E-state index in [0.29, 0.717) is 23.7 Å². The third-order valence-electron chi connectivity index (χ3n) is 3.69. The normalized spacial score (nSPS) is 23.5. The number of fused-ring (bicyclic) bond motifs is 1. The van der Waals surface area contributed by atoms with Gasteiger partial charge in [0.2, 0.25) is 5.90 Å². The highest BCUT2D eigenvalue weighted by Crippen LogP contribution is 2.45. The van der Waals surface area contributed by atoms with Crippen LogP contribution < -0.4 is 0 Å². The van der Waals surface area contributed by atoms with Crippen molar-refractivity contribution in [2.24, 2.45) is 10.9 Å². The minimum atomic E-state index is 0.361. The Labute approximate surface area is 101 Å². The predicted octanol–water partition coefficient (Wildman–Crippen LogP) is 2.70. The van der Waals surface area contributed by atoms with Gasteiger partial charge in [-0.05, 0) is 18.8 Å². The molecule has 2 aliphatic rings. The number of nitrogens with zero attached hydrogens (tertiary/aromatic N) is 2. The quantitative estimate of drug-likeness (QED) is 0.790. The van der Waals surface area contributed by atoms with Gasteiger partial charge in [-0.2, -0.15) is 0 Å². The number of hydrogen-bond donors (Lipinski definition) is 0. The second-order valence-corrected chi connectivity index (χ2v) is 5.28. The molecule has 92 valence electrons. The van der Waals surface area contributed by atoms with E-state index >= 15 is 0 Å². The number of rotatable bonds is 2. The summed E-state index contributed by atoms with van der Waals surface area (Å²) in [7, 11) is 1.67. The van der Waals surface area contributed by atoms with Crippen molar-refractivity contribution in [1.29, 1.82) is 0 Å². The summed E-state index contributed by atoms with van der Waals surface area (Å²) < 4.78 is 10.9. The summed E-state index contributed by atoms with van der Waals surface area (Å²) in [5, 5.41) is 4.28. The summed E-state index contributed by atoms with van der Waals surface area (Å²) in [6, 6.07) is 0. The average Bonchev–Trinajstić information content (AvgIpc) is 3.07. The van der Waals surface area contributed by atoms with Crippen molar-refractivity contribution in [2.75, 3.05) is 13.7 Å². The van der Waals surface area contributed by atoms with E-state index in [1.807, 2.05) is 0 Å². The number of aliphatic imine (C=N–C) groups is 1. The lowest BCUT2D eigenvalue weighted by atomic mass is 9.87. The minimum absolute atomic E-state index is 0.361. The number of methoxy groups -OCH3 is 1. The van der Waals surface area contributed by atoms with Crippen molar-refractivity contribution in [3.05, 3.63) is 17.0 Å². The van der Waals surface area contributed by atoms with Gasteiger partial charge in [0, 0.05) is 11.8 Å². The smallest absolute Gasteiger partial charge is 0.221 e. The SMILES string of the molecule is COC1=NCC(C(C)C)c2noc(C3CC3)c21. The highest BCUT2D eigenvalue weighted by Gasteiger charge is 2.38. The Balaban J connectivity index is 2.07. The third kappa shape index (κ3) is 1.66. The highest BCUT2D eigenvalue weighted by molar-refractivity contribution is 5.97. The van der Waals surface area contributed by atoms with E-state index in [0.717, 1.165) is 23.6 Å². The van der Waals surface area contributed by atoms with Crippen LogP contribution in [0, 0.1) is 5.92 Å². The Hall–Kier alpha value is -1.32. The largest absolute Gasteiger partial charge is 0.481 e. The topological polar surface area (TPSA) is 47.6 Å². The molecule has 1 atom stereocenters. The Morgan fingerprint density at radius 2 is 2.12 bits per heavy atom. The lowest BCUT2D eigenvalue weighted by molar-refractivity contribution is 0.365. The Morgan fingerprint density at radius 3 is 2.71 bits per heavy atom. The summed E-state index contributed by atoms with van der Waals surface area (Å²) in [5.74, 6) is 3.12. The van der Waals surface area contributed by atoms with Gasteiger partial charge in [-0.1, -0.05) is 19.0 Å². The number of aromatic nitrogens is 1. The molecule has 0 amide bonds. The molecule has 4 nitrogen and oxygen atoms in total. The van der Waals surface area contributed by atoms with Crippen LogP contribution in [0.5, 0.6) is 0 Å². The molecule has 1 aromatic heterocycles. The lowest BCUT2D eigenvalue weighted by Crippen LogP contribution is -2.22. The lowest BCUT2D eigenvalue weighted by Gasteiger charge is -2.22. The maximum Gasteiger partial charge on any atom is 0.221 e. The number of ether oxygens (including phenoxy) is 1. The molecule has 0 spiro atoms. The van der Waals surface area contributed by atoms with E-state index in [-0.39, 0.29) is 0 Å². The maximum atomic E-state index is 5.54. The molecule has 2 heterocycles. The molecule has 1 aromatic rings. The van der Waals surface area contributed by atoms with E-state index < -0.39 is 0 Å². The zero-order valence-corrected chi connectivity index (χ0v) is 10.6. The van der Waals surface area contributed by atoms with Crippen molar-refractivity contribution >= 4 is 5.90 Å². The molecule has 0 aromatic carbocycles. The van der Waals surface area contributed by atoms with Crippen molar-refractivity contribution in [2.45, 2.75) is 38.5 Å². The fourth-order valence-electron chi connectivity index (χ4n) is 2.45. The van der Waals surface area contributed by atoms with Crippen LogP contribution >= 0.6 is 0 Å². The van der Waals surface area contributed by atoms with Crippen LogP contribution in [0.4, 0.5) is 0 Å². The molecule has 3 rings (SSSR count). The molecule has 1 aliphatic carbocycles. The van der Waals surface area contributed by atoms with Gasteiger partial charge in [-0.15, -0.1) is 0 Å². The maximum absolute atomic E-state index is 5.54.